The van der Waals surface area contributed by atoms with Gasteiger partial charge in [-0.05, 0) is 30.9 Å². The van der Waals surface area contributed by atoms with E-state index in [2.05, 4.69) is 0 Å². The Morgan fingerprint density at radius 1 is 1.25 bits per heavy atom. The van der Waals surface area contributed by atoms with Crippen molar-refractivity contribution in [1.82, 2.24) is 4.90 Å². The van der Waals surface area contributed by atoms with Crippen molar-refractivity contribution in [2.45, 2.75) is 31.3 Å². The second-order valence-electron chi connectivity index (χ2n) is 5.38. The van der Waals surface area contributed by atoms with Gasteiger partial charge in [-0.1, -0.05) is 0 Å². The van der Waals surface area contributed by atoms with Crippen molar-refractivity contribution in [3.8, 4) is 11.5 Å². The third-order valence-electron chi connectivity index (χ3n) is 4.34. The molecule has 0 spiro atoms. The molecule has 2 N–H and O–H groups in total. The van der Waals surface area contributed by atoms with Gasteiger partial charge in [0.2, 0.25) is 5.91 Å². The Morgan fingerprint density at radius 3 is 2.75 bits per heavy atom. The number of benzene rings is 1. The molecular formula is C15H20N2O3. The Kier molecular flexibility index (Phi) is 3.30. The average Bonchev–Trinajstić information content (AvgIpc) is 2.49. The van der Waals surface area contributed by atoms with E-state index in [1.54, 1.807) is 14.2 Å². The largest absolute Gasteiger partial charge is 0.497 e. The number of ether oxygens (including phenoxy) is 2. The normalized spacial score (nSPS) is 24.9. The van der Waals surface area contributed by atoms with E-state index < -0.39 is 0 Å². The number of hydrogen-bond acceptors (Lipinski definition) is 4. The summed E-state index contributed by atoms with van der Waals surface area (Å²) in [7, 11) is 3.31. The Hall–Kier alpha value is -1.75. The van der Waals surface area contributed by atoms with Gasteiger partial charge in [-0.15, -0.1) is 0 Å². The highest BCUT2D eigenvalue weighted by Crippen LogP contribution is 2.43. The zero-order valence-corrected chi connectivity index (χ0v) is 11.9. The summed E-state index contributed by atoms with van der Waals surface area (Å²) >= 11 is 0. The van der Waals surface area contributed by atoms with E-state index >= 15 is 0 Å². The van der Waals surface area contributed by atoms with E-state index in [1.165, 1.54) is 5.56 Å². The van der Waals surface area contributed by atoms with Gasteiger partial charge in [-0.25, -0.2) is 0 Å². The van der Waals surface area contributed by atoms with Gasteiger partial charge >= 0.3 is 0 Å². The molecule has 1 fully saturated rings. The molecule has 0 saturated carbocycles. The van der Waals surface area contributed by atoms with E-state index in [-0.39, 0.29) is 18.0 Å². The molecule has 2 heterocycles. The molecule has 0 unspecified atom stereocenters. The molecular weight excluding hydrogens is 256 g/mol. The molecule has 108 valence electrons. The van der Waals surface area contributed by atoms with Crippen molar-refractivity contribution in [3.63, 3.8) is 0 Å². The second-order valence-corrected chi connectivity index (χ2v) is 5.38. The predicted molar refractivity (Wildman–Crippen MR) is 74.9 cm³/mol. The topological polar surface area (TPSA) is 64.8 Å². The van der Waals surface area contributed by atoms with Crippen molar-refractivity contribution in [2.75, 3.05) is 20.8 Å². The minimum Gasteiger partial charge on any atom is -0.497 e. The first-order chi connectivity index (χ1) is 9.65. The third-order valence-corrected chi connectivity index (χ3v) is 4.34. The number of nitrogens with two attached hydrogens (primary N) is 1. The maximum absolute atomic E-state index is 12.2. The number of piperidine rings is 1. The maximum atomic E-state index is 12.2. The lowest BCUT2D eigenvalue weighted by Crippen LogP contribution is -2.52. The average molecular weight is 276 g/mol. The third kappa shape index (κ3) is 1.93. The molecule has 20 heavy (non-hydrogen) atoms. The number of hydrogen-bond donors (Lipinski definition) is 1. The number of carbonyl (C=O) groups is 1. The Labute approximate surface area is 118 Å². The molecule has 0 aromatic heterocycles. The first kappa shape index (κ1) is 13.2. The van der Waals surface area contributed by atoms with Gasteiger partial charge in [-0.2, -0.15) is 0 Å². The number of fused-ring (bicyclic) bond motifs is 3. The Bertz CT molecular complexity index is 527. The molecule has 1 aromatic rings. The molecule has 0 bridgehead atoms. The van der Waals surface area contributed by atoms with Crippen molar-refractivity contribution in [3.05, 3.63) is 23.3 Å². The molecule has 1 aromatic carbocycles. The fourth-order valence-electron chi connectivity index (χ4n) is 3.32. The number of amides is 1. The first-order valence-corrected chi connectivity index (χ1v) is 6.96. The number of methoxy groups -OCH3 is 2. The molecule has 2 atom stereocenters. The lowest BCUT2D eigenvalue weighted by atomic mass is 9.84. The van der Waals surface area contributed by atoms with Gasteiger partial charge < -0.3 is 20.1 Å². The van der Waals surface area contributed by atoms with Crippen LogP contribution in [0.25, 0.3) is 0 Å². The van der Waals surface area contributed by atoms with E-state index in [1.807, 2.05) is 17.0 Å². The summed E-state index contributed by atoms with van der Waals surface area (Å²) in [6, 6.07) is 3.68. The van der Waals surface area contributed by atoms with Crippen LogP contribution < -0.4 is 15.2 Å². The molecule has 3 rings (SSSR count). The van der Waals surface area contributed by atoms with Crippen LogP contribution in [0, 0.1) is 0 Å². The fourth-order valence-corrected chi connectivity index (χ4v) is 3.32. The van der Waals surface area contributed by atoms with Crippen molar-refractivity contribution in [2.24, 2.45) is 5.73 Å². The first-order valence-electron chi connectivity index (χ1n) is 6.96. The maximum Gasteiger partial charge on any atom is 0.240 e. The van der Waals surface area contributed by atoms with Crippen LogP contribution in [0.15, 0.2) is 12.1 Å². The van der Waals surface area contributed by atoms with Gasteiger partial charge in [0, 0.05) is 18.2 Å². The number of nitrogens with zero attached hydrogens (tertiary/aromatic N) is 1. The molecule has 5 nitrogen and oxygen atoms in total. The Morgan fingerprint density at radius 2 is 2.05 bits per heavy atom. The minimum absolute atomic E-state index is 0.0600. The highest BCUT2D eigenvalue weighted by Gasteiger charge is 2.39. The molecule has 2 aliphatic rings. The molecule has 0 radical (unpaired) electrons. The van der Waals surface area contributed by atoms with Crippen LogP contribution in [0.4, 0.5) is 0 Å². The van der Waals surface area contributed by atoms with Crippen LogP contribution in [-0.2, 0) is 11.2 Å². The summed E-state index contributed by atoms with van der Waals surface area (Å²) in [6.45, 7) is 0.723. The van der Waals surface area contributed by atoms with Gasteiger partial charge in [0.1, 0.15) is 11.5 Å². The van der Waals surface area contributed by atoms with Crippen molar-refractivity contribution < 1.29 is 14.3 Å². The highest BCUT2D eigenvalue weighted by molar-refractivity contribution is 5.83. The smallest absolute Gasteiger partial charge is 0.240 e. The fraction of sp³-hybridized carbons (Fsp3) is 0.533. The highest BCUT2D eigenvalue weighted by atomic mass is 16.5. The monoisotopic (exact) mass is 276 g/mol. The van der Waals surface area contributed by atoms with Gasteiger partial charge in [0.15, 0.2) is 0 Å². The minimum atomic E-state index is -0.350. The molecule has 2 aliphatic heterocycles. The van der Waals surface area contributed by atoms with E-state index in [0.29, 0.717) is 0 Å². The zero-order valence-electron chi connectivity index (χ0n) is 11.9. The van der Waals surface area contributed by atoms with Crippen LogP contribution >= 0.6 is 0 Å². The molecule has 5 heteroatoms. The van der Waals surface area contributed by atoms with Crippen molar-refractivity contribution in [1.29, 1.82) is 0 Å². The quantitative estimate of drug-likeness (QED) is 0.883. The van der Waals surface area contributed by atoms with E-state index in [4.69, 9.17) is 15.2 Å². The number of carbonyl (C=O) groups excluding carboxylic acids is 1. The van der Waals surface area contributed by atoms with Crippen molar-refractivity contribution >= 4 is 5.91 Å². The Balaban J connectivity index is 2.06. The summed E-state index contributed by atoms with van der Waals surface area (Å²) in [5.41, 5.74) is 8.22. The molecule has 1 amide bonds. The summed E-state index contributed by atoms with van der Waals surface area (Å²) in [5.74, 6) is 1.66. The van der Waals surface area contributed by atoms with Crippen LogP contribution in [0.5, 0.6) is 11.5 Å². The van der Waals surface area contributed by atoms with Crippen LogP contribution in [-0.4, -0.2) is 37.6 Å². The molecule has 1 saturated heterocycles. The van der Waals surface area contributed by atoms with Crippen LogP contribution in [0.1, 0.15) is 30.0 Å². The van der Waals surface area contributed by atoms with Crippen LogP contribution in [0.2, 0.25) is 0 Å². The predicted octanol–water partition coefficient (Wildman–Crippen LogP) is 1.25. The summed E-state index contributed by atoms with van der Waals surface area (Å²) in [4.78, 5) is 14.1. The van der Waals surface area contributed by atoms with E-state index in [9.17, 15) is 4.79 Å². The van der Waals surface area contributed by atoms with Gasteiger partial charge in [0.25, 0.3) is 0 Å². The lowest BCUT2D eigenvalue weighted by Gasteiger charge is -2.43. The SMILES string of the molecule is COc1cc2c(c(OC)c1)[C@H]1CC[C@H](N)C(=O)N1CC2. The zero-order chi connectivity index (χ0) is 14.3. The summed E-state index contributed by atoms with van der Waals surface area (Å²) < 4.78 is 10.8. The lowest BCUT2D eigenvalue weighted by molar-refractivity contribution is -0.138. The number of rotatable bonds is 2. The van der Waals surface area contributed by atoms with Gasteiger partial charge in [0.05, 0.1) is 26.3 Å². The van der Waals surface area contributed by atoms with E-state index in [0.717, 1.165) is 42.9 Å². The molecule has 0 aliphatic carbocycles. The summed E-state index contributed by atoms with van der Waals surface area (Å²) in [5, 5.41) is 0. The van der Waals surface area contributed by atoms with Crippen LogP contribution in [0.3, 0.4) is 0 Å². The summed E-state index contributed by atoms with van der Waals surface area (Å²) in [6.07, 6.45) is 2.44. The standard InChI is InChI=1S/C15H20N2O3/c1-19-10-7-9-5-6-17-12(4-3-11(16)15(17)18)14(9)13(8-10)20-2/h7-8,11-12H,3-6,16H2,1-2H3/t11-,12+/m0/s1. The van der Waals surface area contributed by atoms with Gasteiger partial charge in [-0.3, -0.25) is 4.79 Å². The second kappa shape index (κ2) is 4.98.